The molecule has 0 unspecified atom stereocenters. The summed E-state index contributed by atoms with van der Waals surface area (Å²) in [4.78, 5) is 13.4. The number of ether oxygens (including phenoxy) is 2. The summed E-state index contributed by atoms with van der Waals surface area (Å²) in [6.07, 6.45) is -19.0. The van der Waals surface area contributed by atoms with E-state index in [0.29, 0.717) is 29.2 Å². The van der Waals surface area contributed by atoms with E-state index in [1.165, 1.54) is 6.07 Å². The first-order valence-corrected chi connectivity index (χ1v) is 12.9. The standard InChI is InChI=1S/C30H25F10NO3/c1-14(2)22-11-23(25(43-4)12-24(22)31)21-6-5-18(28(32,33)34)9-17(21)13-41-15(3)26(44-27(41)42)16-7-19(29(35,36)37)10-20(8-16)30(38,39)40/h5-12,14-15,26H,13H2,1-4H3/t15-,26-/m0/s1/i13D2. The molecule has 4 rings (SSSR count). The minimum Gasteiger partial charge on any atom is -0.496 e. The molecule has 0 saturated carbocycles. The van der Waals surface area contributed by atoms with Gasteiger partial charge in [-0.25, -0.2) is 9.18 Å². The van der Waals surface area contributed by atoms with E-state index in [2.05, 4.69) is 0 Å². The van der Waals surface area contributed by atoms with Crippen LogP contribution < -0.4 is 4.74 Å². The van der Waals surface area contributed by atoms with Gasteiger partial charge in [-0.3, -0.25) is 4.90 Å². The molecule has 0 spiro atoms. The lowest BCUT2D eigenvalue weighted by Crippen LogP contribution is -2.32. The third-order valence-electron chi connectivity index (χ3n) is 7.03. The van der Waals surface area contributed by atoms with Crippen LogP contribution in [0.1, 0.15) is 68.9 Å². The highest BCUT2D eigenvalue weighted by atomic mass is 19.4. The number of halogens is 10. The lowest BCUT2D eigenvalue weighted by molar-refractivity contribution is -0.143. The lowest BCUT2D eigenvalue weighted by Gasteiger charge is -2.24. The maximum absolute atomic E-state index is 14.8. The quantitative estimate of drug-likeness (QED) is 0.252. The zero-order valence-electron chi connectivity index (χ0n) is 25.3. The van der Waals surface area contributed by atoms with E-state index in [1.54, 1.807) is 13.8 Å². The fourth-order valence-electron chi connectivity index (χ4n) is 4.77. The molecule has 0 aliphatic carbocycles. The zero-order valence-corrected chi connectivity index (χ0v) is 23.3. The van der Waals surface area contributed by atoms with Crippen LogP contribution in [-0.2, 0) is 29.8 Å². The molecule has 0 aromatic heterocycles. The van der Waals surface area contributed by atoms with E-state index < -0.39 is 82.8 Å². The molecule has 1 aliphatic rings. The highest BCUT2D eigenvalue weighted by molar-refractivity contribution is 5.76. The Kier molecular flexibility index (Phi) is 7.87. The van der Waals surface area contributed by atoms with Crippen LogP contribution in [0.4, 0.5) is 48.7 Å². The molecule has 238 valence electrons. The third-order valence-corrected chi connectivity index (χ3v) is 7.03. The first-order valence-electron chi connectivity index (χ1n) is 13.9. The molecule has 0 radical (unpaired) electrons. The molecule has 3 aromatic rings. The van der Waals surface area contributed by atoms with E-state index in [4.69, 9.17) is 12.2 Å². The number of hydrogen-bond acceptors (Lipinski definition) is 3. The molecule has 1 heterocycles. The number of amides is 1. The van der Waals surface area contributed by atoms with Crippen molar-refractivity contribution in [3.63, 3.8) is 0 Å². The predicted molar refractivity (Wildman–Crippen MR) is 138 cm³/mol. The van der Waals surface area contributed by atoms with Crippen molar-refractivity contribution >= 4 is 6.09 Å². The van der Waals surface area contributed by atoms with E-state index in [1.807, 2.05) is 0 Å². The SMILES string of the molecule is [2H]C([2H])(c1cc(C(F)(F)F)ccc1-c1cc(C(C)C)c(F)cc1OC)N1C(=O)O[C@H](c2cc(C(F)(F)F)cc(C(F)(F)F)c2)[C@@H]1C. The van der Waals surface area contributed by atoms with Gasteiger partial charge >= 0.3 is 24.6 Å². The van der Waals surface area contributed by atoms with Crippen molar-refractivity contribution in [3.8, 4) is 16.9 Å². The van der Waals surface area contributed by atoms with Gasteiger partial charge in [0.2, 0.25) is 0 Å². The number of benzene rings is 3. The average molecular weight is 640 g/mol. The molecule has 1 fully saturated rings. The van der Waals surface area contributed by atoms with Gasteiger partial charge in [-0.2, -0.15) is 39.5 Å². The molecule has 1 amide bonds. The Morgan fingerprint density at radius 3 is 1.93 bits per heavy atom. The van der Waals surface area contributed by atoms with Crippen LogP contribution in [0, 0.1) is 5.82 Å². The van der Waals surface area contributed by atoms with Gasteiger partial charge in [0, 0.05) is 11.6 Å². The molecule has 2 atom stereocenters. The number of cyclic esters (lactones) is 1. The van der Waals surface area contributed by atoms with Crippen LogP contribution in [0.2, 0.25) is 0 Å². The summed E-state index contributed by atoms with van der Waals surface area (Å²) in [5.74, 6) is -1.36. The van der Waals surface area contributed by atoms with Gasteiger partial charge in [-0.15, -0.1) is 0 Å². The predicted octanol–water partition coefficient (Wildman–Crippen LogP) is 9.76. The summed E-state index contributed by atoms with van der Waals surface area (Å²) in [7, 11) is 1.14. The molecule has 14 heteroatoms. The van der Waals surface area contributed by atoms with Crippen molar-refractivity contribution in [2.75, 3.05) is 7.11 Å². The second-order valence-corrected chi connectivity index (χ2v) is 10.4. The van der Waals surface area contributed by atoms with E-state index in [0.717, 1.165) is 26.2 Å². The minimum absolute atomic E-state index is 0.0512. The van der Waals surface area contributed by atoms with E-state index in [9.17, 15) is 48.7 Å². The Labute approximate surface area is 248 Å². The van der Waals surface area contributed by atoms with Crippen molar-refractivity contribution in [1.29, 1.82) is 0 Å². The van der Waals surface area contributed by atoms with Crippen molar-refractivity contribution in [2.45, 2.75) is 63.9 Å². The molecule has 3 aromatic carbocycles. The van der Waals surface area contributed by atoms with Crippen molar-refractivity contribution in [2.24, 2.45) is 0 Å². The highest BCUT2D eigenvalue weighted by Gasteiger charge is 2.44. The molecule has 1 saturated heterocycles. The number of carbonyl (C=O) groups is 1. The Morgan fingerprint density at radius 2 is 1.43 bits per heavy atom. The van der Waals surface area contributed by atoms with Gasteiger partial charge in [0.25, 0.3) is 0 Å². The number of hydrogen-bond donors (Lipinski definition) is 0. The monoisotopic (exact) mass is 639 g/mol. The van der Waals surface area contributed by atoms with E-state index in [-0.39, 0.29) is 28.5 Å². The van der Waals surface area contributed by atoms with Crippen LogP contribution in [-0.4, -0.2) is 24.1 Å². The van der Waals surface area contributed by atoms with Crippen molar-refractivity contribution < 1.29 is 60.9 Å². The van der Waals surface area contributed by atoms with Gasteiger partial charge in [-0.1, -0.05) is 19.9 Å². The normalized spacial score (nSPS) is 18.8. The Bertz CT molecular complexity index is 1620. The lowest BCUT2D eigenvalue weighted by atomic mass is 9.91. The Morgan fingerprint density at radius 1 is 0.864 bits per heavy atom. The number of alkyl halides is 9. The minimum atomic E-state index is -5.24. The average Bonchev–Trinajstić information content (AvgIpc) is 3.24. The van der Waals surface area contributed by atoms with Crippen molar-refractivity contribution in [1.82, 2.24) is 4.90 Å². The van der Waals surface area contributed by atoms with Crippen LogP contribution in [0.3, 0.4) is 0 Å². The molecule has 4 nitrogen and oxygen atoms in total. The Hall–Kier alpha value is -3.97. The molecule has 44 heavy (non-hydrogen) atoms. The maximum atomic E-state index is 14.8. The van der Waals surface area contributed by atoms with Gasteiger partial charge in [-0.05, 0) is 71.5 Å². The van der Waals surface area contributed by atoms with Crippen LogP contribution >= 0.6 is 0 Å². The molecule has 0 bridgehead atoms. The van der Waals surface area contributed by atoms with Gasteiger partial charge in [0.15, 0.2) is 0 Å². The number of methoxy groups -OCH3 is 1. The van der Waals surface area contributed by atoms with Crippen molar-refractivity contribution in [3.05, 3.63) is 87.7 Å². The van der Waals surface area contributed by atoms with Gasteiger partial charge < -0.3 is 9.47 Å². The summed E-state index contributed by atoms with van der Waals surface area (Å²) < 4.78 is 166. The fraction of sp³-hybridized carbons (Fsp3) is 0.367. The molecule has 0 N–H and O–H groups in total. The maximum Gasteiger partial charge on any atom is 0.416 e. The highest BCUT2D eigenvalue weighted by Crippen LogP contribution is 2.43. The summed E-state index contributed by atoms with van der Waals surface area (Å²) in [5, 5.41) is 0. The summed E-state index contributed by atoms with van der Waals surface area (Å²) >= 11 is 0. The van der Waals surface area contributed by atoms with Crippen LogP contribution in [0.5, 0.6) is 5.75 Å². The molecule has 1 aliphatic heterocycles. The number of carbonyl (C=O) groups excluding carboxylic acids is 1. The number of nitrogens with zero attached hydrogens (tertiary/aromatic N) is 1. The molecular formula is C30H25F10NO3. The van der Waals surface area contributed by atoms with E-state index >= 15 is 0 Å². The molecular weight excluding hydrogens is 612 g/mol. The smallest absolute Gasteiger partial charge is 0.416 e. The zero-order chi connectivity index (χ0) is 34.7. The second kappa shape index (κ2) is 11.5. The van der Waals surface area contributed by atoms with Gasteiger partial charge in [0.05, 0.1) is 39.1 Å². The first-order chi connectivity index (χ1) is 21.0. The Balaban J connectivity index is 1.92. The summed E-state index contributed by atoms with van der Waals surface area (Å²) in [6, 6.07) is 2.98. The van der Waals surface area contributed by atoms with Gasteiger partial charge in [0.1, 0.15) is 17.7 Å². The topological polar surface area (TPSA) is 38.8 Å². The first kappa shape index (κ1) is 30.1. The number of rotatable bonds is 6. The third kappa shape index (κ3) is 6.58. The fourth-order valence-corrected chi connectivity index (χ4v) is 4.77. The largest absolute Gasteiger partial charge is 0.496 e. The van der Waals surface area contributed by atoms with Crippen LogP contribution in [0.25, 0.3) is 11.1 Å². The second-order valence-electron chi connectivity index (χ2n) is 10.4. The summed E-state index contributed by atoms with van der Waals surface area (Å²) in [6.45, 7) is 1.08. The summed E-state index contributed by atoms with van der Waals surface area (Å²) in [5.41, 5.74) is -6.55. The van der Waals surface area contributed by atoms with Crippen LogP contribution in [0.15, 0.2) is 48.5 Å².